The Hall–Kier alpha value is -2.23. The smallest absolute Gasteiger partial charge is 0.172 e. The monoisotopic (exact) mass is 254 g/mol. The van der Waals surface area contributed by atoms with Crippen molar-refractivity contribution in [1.29, 1.82) is 0 Å². The Labute approximate surface area is 113 Å². The van der Waals surface area contributed by atoms with Gasteiger partial charge in [0.25, 0.3) is 0 Å². The highest BCUT2D eigenvalue weighted by molar-refractivity contribution is 5.75. The number of aromatic nitrogens is 2. The van der Waals surface area contributed by atoms with Crippen LogP contribution in [0, 0.1) is 27.7 Å². The molecule has 0 unspecified atom stereocenters. The lowest BCUT2D eigenvalue weighted by atomic mass is 10.1. The van der Waals surface area contributed by atoms with Crippen molar-refractivity contribution in [3.63, 3.8) is 0 Å². The van der Waals surface area contributed by atoms with Crippen LogP contribution in [0.1, 0.15) is 28.3 Å². The van der Waals surface area contributed by atoms with Gasteiger partial charge in [-0.15, -0.1) is 0 Å². The molecule has 0 fully saturated rings. The van der Waals surface area contributed by atoms with Gasteiger partial charge in [-0.05, 0) is 45.4 Å². The van der Waals surface area contributed by atoms with Crippen molar-refractivity contribution < 1.29 is 0 Å². The number of aryl methyl sites for hydroxylation is 4. The molecule has 0 amide bonds. The van der Waals surface area contributed by atoms with Crippen molar-refractivity contribution in [1.82, 2.24) is 9.97 Å². The average molecular weight is 254 g/mol. The summed E-state index contributed by atoms with van der Waals surface area (Å²) in [6, 6.07) is 8.13. The Morgan fingerprint density at radius 1 is 1.00 bits per heavy atom. The van der Waals surface area contributed by atoms with E-state index in [1.807, 2.05) is 26.0 Å². The summed E-state index contributed by atoms with van der Waals surface area (Å²) < 4.78 is 0. The first-order chi connectivity index (χ1) is 9.04. The quantitative estimate of drug-likeness (QED) is 0.676. The fourth-order valence-electron chi connectivity index (χ4n) is 1.91. The lowest BCUT2D eigenvalue weighted by molar-refractivity contribution is 1.03. The van der Waals surface area contributed by atoms with Gasteiger partial charge in [-0.2, -0.15) is 5.10 Å². The number of hydrogen-bond donors (Lipinski definition) is 1. The van der Waals surface area contributed by atoms with Gasteiger partial charge in [0.15, 0.2) is 5.82 Å². The molecule has 0 atom stereocenters. The summed E-state index contributed by atoms with van der Waals surface area (Å²) in [5.74, 6) is 0.620. The highest BCUT2D eigenvalue weighted by atomic mass is 15.3. The van der Waals surface area contributed by atoms with E-state index in [-0.39, 0.29) is 0 Å². The number of rotatable bonds is 3. The van der Waals surface area contributed by atoms with Crippen LogP contribution in [-0.4, -0.2) is 16.2 Å². The maximum atomic E-state index is 4.30. The lowest BCUT2D eigenvalue weighted by Gasteiger charge is -2.05. The minimum atomic E-state index is 0.620. The topological polar surface area (TPSA) is 50.2 Å². The van der Waals surface area contributed by atoms with Gasteiger partial charge in [0, 0.05) is 11.4 Å². The zero-order valence-corrected chi connectivity index (χ0v) is 11.7. The Bertz CT molecular complexity index is 597. The number of anilines is 1. The minimum absolute atomic E-state index is 0.620. The van der Waals surface area contributed by atoms with Crippen molar-refractivity contribution in [2.75, 3.05) is 5.43 Å². The molecule has 0 spiro atoms. The van der Waals surface area contributed by atoms with Crippen LogP contribution in [0.2, 0.25) is 0 Å². The molecule has 4 heteroatoms. The normalized spacial score (nSPS) is 10.9. The van der Waals surface area contributed by atoms with Crippen LogP contribution in [0.15, 0.2) is 29.4 Å². The van der Waals surface area contributed by atoms with Crippen LogP contribution in [0.5, 0.6) is 0 Å². The molecule has 0 aliphatic carbocycles. The summed E-state index contributed by atoms with van der Waals surface area (Å²) in [4.78, 5) is 8.60. The maximum Gasteiger partial charge on any atom is 0.172 e. The van der Waals surface area contributed by atoms with E-state index >= 15 is 0 Å². The molecule has 0 saturated heterocycles. The second-order valence-electron chi connectivity index (χ2n) is 4.70. The highest BCUT2D eigenvalue weighted by Gasteiger charge is 1.98. The van der Waals surface area contributed by atoms with Crippen molar-refractivity contribution in [3.05, 3.63) is 52.6 Å². The van der Waals surface area contributed by atoms with Crippen molar-refractivity contribution in [2.24, 2.45) is 5.10 Å². The van der Waals surface area contributed by atoms with Crippen LogP contribution < -0.4 is 5.43 Å². The predicted molar refractivity (Wildman–Crippen MR) is 78.6 cm³/mol. The van der Waals surface area contributed by atoms with Gasteiger partial charge < -0.3 is 0 Å². The second kappa shape index (κ2) is 5.61. The first kappa shape index (κ1) is 13.2. The zero-order valence-electron chi connectivity index (χ0n) is 11.7. The van der Waals surface area contributed by atoms with Gasteiger partial charge in [0.1, 0.15) is 0 Å². The van der Waals surface area contributed by atoms with Gasteiger partial charge in [-0.25, -0.2) is 9.97 Å². The minimum Gasteiger partial charge on any atom is -0.278 e. The molecule has 0 saturated carbocycles. The maximum absolute atomic E-state index is 4.30. The molecular formula is C15H18N4. The Morgan fingerprint density at radius 2 is 1.68 bits per heavy atom. The third-order valence-corrected chi connectivity index (χ3v) is 2.75. The fraction of sp³-hybridized carbons (Fsp3) is 0.267. The predicted octanol–water partition coefficient (Wildman–Crippen LogP) is 3.16. The summed E-state index contributed by atoms with van der Waals surface area (Å²) in [5.41, 5.74) is 8.30. The Balaban J connectivity index is 2.11. The molecule has 1 aromatic carbocycles. The molecule has 4 nitrogen and oxygen atoms in total. The van der Waals surface area contributed by atoms with Crippen LogP contribution in [0.3, 0.4) is 0 Å². The van der Waals surface area contributed by atoms with Crippen molar-refractivity contribution in [3.8, 4) is 0 Å². The van der Waals surface area contributed by atoms with E-state index in [1.54, 1.807) is 6.21 Å². The molecule has 1 heterocycles. The van der Waals surface area contributed by atoms with E-state index in [0.717, 1.165) is 17.1 Å². The zero-order chi connectivity index (χ0) is 13.8. The third kappa shape index (κ3) is 3.61. The fourth-order valence-corrected chi connectivity index (χ4v) is 1.91. The number of nitrogens with one attached hydrogen (secondary N) is 1. The van der Waals surface area contributed by atoms with E-state index in [2.05, 4.69) is 46.5 Å². The van der Waals surface area contributed by atoms with Gasteiger partial charge in [-0.3, -0.25) is 5.43 Å². The lowest BCUT2D eigenvalue weighted by Crippen LogP contribution is -2.00. The summed E-state index contributed by atoms with van der Waals surface area (Å²) in [7, 11) is 0. The van der Waals surface area contributed by atoms with Gasteiger partial charge in [-0.1, -0.05) is 17.7 Å². The Kier molecular flexibility index (Phi) is 3.90. The Morgan fingerprint density at radius 3 is 2.32 bits per heavy atom. The highest BCUT2D eigenvalue weighted by Crippen LogP contribution is 2.15. The van der Waals surface area contributed by atoms with E-state index in [4.69, 9.17) is 0 Å². The van der Waals surface area contributed by atoms with Crippen molar-refractivity contribution in [2.45, 2.75) is 27.7 Å². The number of benzene rings is 1. The molecule has 2 rings (SSSR count). The molecule has 1 N–H and O–H groups in total. The second-order valence-corrected chi connectivity index (χ2v) is 4.70. The van der Waals surface area contributed by atoms with Crippen LogP contribution >= 0.6 is 0 Å². The van der Waals surface area contributed by atoms with E-state index < -0.39 is 0 Å². The summed E-state index contributed by atoms with van der Waals surface area (Å²) in [6.07, 6.45) is 1.64. The molecule has 1 aromatic heterocycles. The van der Waals surface area contributed by atoms with Crippen molar-refractivity contribution >= 4 is 11.9 Å². The van der Waals surface area contributed by atoms with E-state index in [0.29, 0.717) is 5.82 Å². The molecular weight excluding hydrogens is 236 g/mol. The largest absolute Gasteiger partial charge is 0.278 e. The summed E-state index contributed by atoms with van der Waals surface area (Å²) in [5, 5.41) is 4.18. The number of hydrogen-bond acceptors (Lipinski definition) is 4. The molecule has 0 aliphatic heterocycles. The van der Waals surface area contributed by atoms with E-state index in [1.165, 1.54) is 11.1 Å². The molecule has 0 bridgehead atoms. The molecule has 0 aliphatic rings. The van der Waals surface area contributed by atoms with Gasteiger partial charge in [0.2, 0.25) is 0 Å². The molecule has 2 aromatic rings. The standard InChI is InChI=1S/C15H18N4/c1-10-5-6-14(11(2)7-10)19-16-9-15-17-12(3)8-13(4)18-15/h5-9,19H,1-4H3/b16-9+. The number of nitrogens with zero attached hydrogens (tertiary/aromatic N) is 3. The summed E-state index contributed by atoms with van der Waals surface area (Å²) >= 11 is 0. The van der Waals surface area contributed by atoms with Crippen LogP contribution in [-0.2, 0) is 0 Å². The van der Waals surface area contributed by atoms with Crippen LogP contribution in [0.4, 0.5) is 5.69 Å². The molecule has 19 heavy (non-hydrogen) atoms. The summed E-state index contributed by atoms with van der Waals surface area (Å²) in [6.45, 7) is 8.02. The first-order valence-corrected chi connectivity index (χ1v) is 6.23. The molecule has 0 radical (unpaired) electrons. The molecule has 98 valence electrons. The van der Waals surface area contributed by atoms with E-state index in [9.17, 15) is 0 Å². The first-order valence-electron chi connectivity index (χ1n) is 6.23. The van der Waals surface area contributed by atoms with Gasteiger partial charge in [0.05, 0.1) is 11.9 Å². The van der Waals surface area contributed by atoms with Gasteiger partial charge >= 0.3 is 0 Å². The average Bonchev–Trinajstić information content (AvgIpc) is 2.30. The SMILES string of the molecule is Cc1ccc(N/N=C/c2nc(C)cc(C)n2)c(C)c1. The third-order valence-electron chi connectivity index (χ3n) is 2.75. The van der Waals surface area contributed by atoms with Crippen LogP contribution in [0.25, 0.3) is 0 Å². The number of hydrazone groups is 1.